The first-order valence-electron chi connectivity index (χ1n) is 10.5. The zero-order valence-electron chi connectivity index (χ0n) is 17.8. The van der Waals surface area contributed by atoms with Gasteiger partial charge in [0, 0.05) is 36.9 Å². The van der Waals surface area contributed by atoms with Crippen LogP contribution in [0, 0.1) is 0 Å². The summed E-state index contributed by atoms with van der Waals surface area (Å²) in [4.78, 5) is 23.8. The Labute approximate surface area is 178 Å². The van der Waals surface area contributed by atoms with Crippen LogP contribution in [0.2, 0.25) is 0 Å². The molecule has 0 spiro atoms. The van der Waals surface area contributed by atoms with E-state index in [2.05, 4.69) is 42.2 Å². The van der Waals surface area contributed by atoms with E-state index in [1.807, 2.05) is 54.5 Å². The number of pyridine rings is 1. The van der Waals surface area contributed by atoms with Crippen LogP contribution in [0.4, 0.5) is 5.82 Å². The monoisotopic (exact) mass is 397 g/mol. The van der Waals surface area contributed by atoms with Gasteiger partial charge in [0.1, 0.15) is 0 Å². The molecule has 3 aromatic rings. The second kappa shape index (κ2) is 8.23. The molecule has 0 fully saturated rings. The number of amides is 1. The van der Waals surface area contributed by atoms with Gasteiger partial charge in [-0.25, -0.2) is 9.98 Å². The van der Waals surface area contributed by atoms with E-state index in [0.29, 0.717) is 0 Å². The molecule has 1 aromatic heterocycles. The lowest BCUT2D eigenvalue weighted by molar-refractivity contribution is -0.133. The second-order valence-corrected chi connectivity index (χ2v) is 7.82. The Morgan fingerprint density at radius 3 is 2.17 bits per heavy atom. The minimum Gasteiger partial charge on any atom is -0.336 e. The number of nitrogens with zero attached hydrogens (tertiary/aromatic N) is 3. The van der Waals surface area contributed by atoms with E-state index in [9.17, 15) is 4.79 Å². The van der Waals surface area contributed by atoms with Crippen molar-refractivity contribution in [1.82, 2.24) is 9.88 Å². The topological polar surface area (TPSA) is 45.6 Å². The molecule has 2 aromatic carbocycles. The predicted octanol–water partition coefficient (Wildman–Crippen LogP) is 5.28. The van der Waals surface area contributed by atoms with Crippen LogP contribution in [0.25, 0.3) is 0 Å². The zero-order chi connectivity index (χ0) is 21.1. The summed E-state index contributed by atoms with van der Waals surface area (Å²) in [7, 11) is 1.91. The third-order valence-electron chi connectivity index (χ3n) is 6.33. The summed E-state index contributed by atoms with van der Waals surface area (Å²) in [5.74, 6) is 0.836. The highest BCUT2D eigenvalue weighted by molar-refractivity contribution is 6.13. The van der Waals surface area contributed by atoms with Crippen LogP contribution in [0.15, 0.2) is 77.9 Å². The number of carbonyl (C=O) groups excluding carboxylic acids is 1. The van der Waals surface area contributed by atoms with Crippen molar-refractivity contribution in [2.24, 2.45) is 4.99 Å². The van der Waals surface area contributed by atoms with Crippen LogP contribution in [-0.2, 0) is 16.8 Å². The van der Waals surface area contributed by atoms with Crippen molar-refractivity contribution in [1.29, 1.82) is 0 Å². The lowest BCUT2D eigenvalue weighted by Gasteiger charge is -2.38. The molecule has 4 heteroatoms. The van der Waals surface area contributed by atoms with E-state index >= 15 is 0 Å². The number of hydrogen-bond donors (Lipinski definition) is 0. The van der Waals surface area contributed by atoms with Crippen molar-refractivity contribution in [2.75, 3.05) is 7.05 Å². The van der Waals surface area contributed by atoms with Crippen LogP contribution >= 0.6 is 0 Å². The van der Waals surface area contributed by atoms with Crippen LogP contribution in [-0.4, -0.2) is 28.6 Å². The van der Waals surface area contributed by atoms with Crippen molar-refractivity contribution in [3.63, 3.8) is 0 Å². The Bertz CT molecular complexity index is 1030. The number of aliphatic imine (C=N–C) groups is 1. The van der Waals surface area contributed by atoms with Crippen LogP contribution in [0.1, 0.15) is 48.9 Å². The van der Waals surface area contributed by atoms with Crippen molar-refractivity contribution in [3.8, 4) is 0 Å². The largest absolute Gasteiger partial charge is 0.336 e. The van der Waals surface area contributed by atoms with Gasteiger partial charge in [0.2, 0.25) is 5.91 Å². The van der Waals surface area contributed by atoms with Gasteiger partial charge in [0.15, 0.2) is 5.82 Å². The molecule has 0 saturated heterocycles. The van der Waals surface area contributed by atoms with Crippen LogP contribution in [0.5, 0.6) is 0 Å². The molecule has 4 nitrogen and oxygen atoms in total. The number of aromatic nitrogens is 1. The number of benzene rings is 2. The van der Waals surface area contributed by atoms with Crippen molar-refractivity contribution >= 4 is 17.4 Å². The quantitative estimate of drug-likeness (QED) is 0.550. The van der Waals surface area contributed by atoms with Crippen molar-refractivity contribution < 1.29 is 4.79 Å². The summed E-state index contributed by atoms with van der Waals surface area (Å²) in [6.07, 6.45) is 4.46. The minimum absolute atomic E-state index is 0.0841. The Morgan fingerprint density at radius 2 is 1.63 bits per heavy atom. The van der Waals surface area contributed by atoms with Gasteiger partial charge in [-0.15, -0.1) is 0 Å². The third-order valence-corrected chi connectivity index (χ3v) is 6.33. The highest BCUT2D eigenvalue weighted by atomic mass is 16.2. The Balaban J connectivity index is 1.87. The maximum absolute atomic E-state index is 12.2. The molecule has 1 amide bonds. The number of rotatable bonds is 5. The van der Waals surface area contributed by atoms with E-state index in [4.69, 9.17) is 4.99 Å². The molecule has 0 radical (unpaired) electrons. The number of carbonyl (C=O) groups is 1. The van der Waals surface area contributed by atoms with Gasteiger partial charge in [-0.2, -0.15) is 0 Å². The van der Waals surface area contributed by atoms with Gasteiger partial charge in [0.05, 0.1) is 11.3 Å². The molecular formula is C26H27N3O. The van der Waals surface area contributed by atoms with E-state index in [1.54, 1.807) is 6.92 Å². The third kappa shape index (κ3) is 3.43. The molecule has 0 N–H and O–H groups in total. The number of hydrogen-bond acceptors (Lipinski definition) is 3. The fraction of sp³-hybridized carbons (Fsp3) is 0.269. The summed E-state index contributed by atoms with van der Waals surface area (Å²) in [6.45, 7) is 3.79. The van der Waals surface area contributed by atoms with Gasteiger partial charge in [-0.1, -0.05) is 67.6 Å². The van der Waals surface area contributed by atoms with Gasteiger partial charge < -0.3 is 4.90 Å². The second-order valence-electron chi connectivity index (χ2n) is 7.82. The zero-order valence-corrected chi connectivity index (χ0v) is 17.8. The molecular weight excluding hydrogens is 370 g/mol. The molecule has 1 aliphatic carbocycles. The Morgan fingerprint density at radius 1 is 1.03 bits per heavy atom. The van der Waals surface area contributed by atoms with Crippen LogP contribution < -0.4 is 0 Å². The standard InChI is InChI=1S/C26H27N3O/c1-4-26(29(3)19(2)30)17-15-22-23(26)16-18-27-25(22)28-24(20-11-7-5-8-12-20)21-13-9-6-10-14-21/h5-14,16,18H,4,15,17H2,1-3H3. The summed E-state index contributed by atoms with van der Waals surface area (Å²) in [5, 5.41) is 0. The van der Waals surface area contributed by atoms with E-state index < -0.39 is 0 Å². The molecule has 1 heterocycles. The fourth-order valence-electron chi connectivity index (χ4n) is 4.57. The maximum Gasteiger partial charge on any atom is 0.219 e. The van der Waals surface area contributed by atoms with Gasteiger partial charge in [-0.3, -0.25) is 4.79 Å². The molecule has 1 unspecified atom stereocenters. The first-order valence-corrected chi connectivity index (χ1v) is 10.5. The summed E-state index contributed by atoms with van der Waals surface area (Å²) in [5.41, 5.74) is 5.07. The van der Waals surface area contributed by atoms with E-state index in [0.717, 1.165) is 47.5 Å². The van der Waals surface area contributed by atoms with E-state index in [-0.39, 0.29) is 11.4 Å². The van der Waals surface area contributed by atoms with Gasteiger partial charge in [-0.05, 0) is 30.9 Å². The molecule has 1 aliphatic rings. The lowest BCUT2D eigenvalue weighted by Crippen LogP contribution is -2.44. The smallest absolute Gasteiger partial charge is 0.219 e. The molecule has 0 saturated carbocycles. The average molecular weight is 398 g/mol. The molecule has 0 aliphatic heterocycles. The first-order chi connectivity index (χ1) is 14.6. The van der Waals surface area contributed by atoms with E-state index in [1.165, 1.54) is 5.56 Å². The minimum atomic E-state index is -0.284. The normalized spacial score (nSPS) is 17.3. The van der Waals surface area contributed by atoms with Gasteiger partial charge in [0.25, 0.3) is 0 Å². The Hall–Kier alpha value is -3.27. The lowest BCUT2D eigenvalue weighted by atomic mass is 9.87. The Kier molecular flexibility index (Phi) is 5.49. The average Bonchev–Trinajstić information content (AvgIpc) is 3.18. The molecule has 1 atom stereocenters. The molecule has 4 rings (SSSR count). The summed E-state index contributed by atoms with van der Waals surface area (Å²) < 4.78 is 0. The highest BCUT2D eigenvalue weighted by Crippen LogP contribution is 2.46. The predicted molar refractivity (Wildman–Crippen MR) is 121 cm³/mol. The summed E-state index contributed by atoms with van der Waals surface area (Å²) >= 11 is 0. The maximum atomic E-state index is 12.2. The first kappa shape index (κ1) is 20.0. The van der Waals surface area contributed by atoms with Crippen LogP contribution in [0.3, 0.4) is 0 Å². The summed E-state index contributed by atoms with van der Waals surface area (Å²) in [6, 6.07) is 22.5. The highest BCUT2D eigenvalue weighted by Gasteiger charge is 2.43. The molecule has 152 valence electrons. The molecule has 0 bridgehead atoms. The van der Waals surface area contributed by atoms with Gasteiger partial charge >= 0.3 is 0 Å². The SMILES string of the molecule is CCC1(N(C)C(C)=O)CCc2c1ccnc2N=C(c1ccccc1)c1ccccc1. The molecule has 30 heavy (non-hydrogen) atoms. The number of fused-ring (bicyclic) bond motifs is 1. The van der Waals surface area contributed by atoms with Crippen molar-refractivity contribution in [2.45, 2.75) is 38.6 Å². The fourth-order valence-corrected chi connectivity index (χ4v) is 4.57. The van der Waals surface area contributed by atoms with Crippen molar-refractivity contribution in [3.05, 3.63) is 95.2 Å².